The first-order valence-corrected chi connectivity index (χ1v) is 5.60. The molecular formula is C9H10Cl3N3O. The molecule has 1 aromatic rings. The number of hydrogen-bond acceptors (Lipinski definition) is 3. The summed E-state index contributed by atoms with van der Waals surface area (Å²) in [6, 6.07) is 1.30. The number of halogens is 3. The van der Waals surface area contributed by atoms with Crippen molar-refractivity contribution in [2.24, 2.45) is 5.73 Å². The zero-order chi connectivity index (χ0) is 12.3. The fraction of sp³-hybridized carbons (Fsp3) is 0.333. The van der Waals surface area contributed by atoms with Crippen molar-refractivity contribution in [3.63, 3.8) is 0 Å². The molecule has 0 saturated heterocycles. The molecule has 1 amide bonds. The van der Waals surface area contributed by atoms with E-state index in [2.05, 4.69) is 10.3 Å². The molecule has 4 nitrogen and oxygen atoms in total. The van der Waals surface area contributed by atoms with Crippen molar-refractivity contribution in [1.29, 1.82) is 0 Å². The zero-order valence-corrected chi connectivity index (χ0v) is 10.7. The van der Waals surface area contributed by atoms with E-state index in [1.165, 1.54) is 6.07 Å². The van der Waals surface area contributed by atoms with Gasteiger partial charge in [0, 0.05) is 12.5 Å². The molecule has 1 rings (SSSR count). The normalized spacial score (nSPS) is 12.2. The van der Waals surface area contributed by atoms with Gasteiger partial charge >= 0.3 is 0 Å². The third-order valence-corrected chi connectivity index (χ3v) is 2.74. The van der Waals surface area contributed by atoms with Crippen LogP contribution in [-0.4, -0.2) is 16.9 Å². The monoisotopic (exact) mass is 281 g/mol. The van der Waals surface area contributed by atoms with Crippen LogP contribution in [-0.2, 0) is 4.79 Å². The molecule has 16 heavy (non-hydrogen) atoms. The zero-order valence-electron chi connectivity index (χ0n) is 8.43. The van der Waals surface area contributed by atoms with Gasteiger partial charge in [0.2, 0.25) is 5.91 Å². The van der Waals surface area contributed by atoms with Gasteiger partial charge in [-0.15, -0.1) is 0 Å². The van der Waals surface area contributed by atoms with Gasteiger partial charge < -0.3 is 11.1 Å². The second-order valence-corrected chi connectivity index (χ2v) is 4.48. The van der Waals surface area contributed by atoms with Crippen LogP contribution in [0.4, 0.5) is 5.82 Å². The Bertz CT molecular complexity index is 411. The number of anilines is 1. The Balaban J connectivity index is 2.81. The van der Waals surface area contributed by atoms with Crippen LogP contribution in [0.1, 0.15) is 13.3 Å². The number of nitrogens with zero attached hydrogens (tertiary/aromatic N) is 1. The van der Waals surface area contributed by atoms with Crippen LogP contribution in [0.2, 0.25) is 15.2 Å². The molecule has 0 saturated carbocycles. The summed E-state index contributed by atoms with van der Waals surface area (Å²) in [4.78, 5) is 14.6. The predicted molar refractivity (Wildman–Crippen MR) is 66.2 cm³/mol. The van der Waals surface area contributed by atoms with Crippen molar-refractivity contribution in [2.75, 3.05) is 5.32 Å². The van der Waals surface area contributed by atoms with Gasteiger partial charge in [0.05, 0.1) is 10.0 Å². The average Bonchev–Trinajstić information content (AvgIpc) is 2.12. The first kappa shape index (κ1) is 13.4. The van der Waals surface area contributed by atoms with E-state index in [0.29, 0.717) is 10.8 Å². The van der Waals surface area contributed by atoms with E-state index < -0.39 is 5.91 Å². The molecule has 0 bridgehead atoms. The highest BCUT2D eigenvalue weighted by Gasteiger charge is 2.11. The Morgan fingerprint density at radius 2 is 2.12 bits per heavy atom. The van der Waals surface area contributed by atoms with Gasteiger partial charge in [-0.05, 0) is 13.0 Å². The van der Waals surface area contributed by atoms with E-state index in [0.717, 1.165) is 0 Å². The fourth-order valence-electron chi connectivity index (χ4n) is 1.13. The number of primary amides is 1. The molecule has 0 aromatic carbocycles. The first-order valence-electron chi connectivity index (χ1n) is 4.46. The summed E-state index contributed by atoms with van der Waals surface area (Å²) in [7, 11) is 0. The Morgan fingerprint density at radius 1 is 1.50 bits per heavy atom. The number of carbonyl (C=O) groups excluding carboxylic acids is 1. The number of pyridine rings is 1. The van der Waals surface area contributed by atoms with Crippen molar-refractivity contribution in [1.82, 2.24) is 4.98 Å². The Labute approximate surface area is 108 Å². The van der Waals surface area contributed by atoms with Crippen LogP contribution in [0.25, 0.3) is 0 Å². The summed E-state index contributed by atoms with van der Waals surface area (Å²) in [5.41, 5.74) is 5.06. The molecule has 0 radical (unpaired) electrons. The molecule has 1 heterocycles. The van der Waals surface area contributed by atoms with Crippen molar-refractivity contribution in [3.05, 3.63) is 21.3 Å². The minimum absolute atomic E-state index is 0.153. The summed E-state index contributed by atoms with van der Waals surface area (Å²) >= 11 is 17.4. The van der Waals surface area contributed by atoms with Crippen LogP contribution < -0.4 is 11.1 Å². The molecule has 1 aromatic heterocycles. The number of amides is 1. The van der Waals surface area contributed by atoms with Gasteiger partial charge in [0.15, 0.2) is 0 Å². The molecule has 0 aliphatic carbocycles. The third kappa shape index (κ3) is 3.70. The maximum Gasteiger partial charge on any atom is 0.219 e. The number of nitrogens with one attached hydrogen (secondary N) is 1. The maximum absolute atomic E-state index is 10.7. The topological polar surface area (TPSA) is 68.0 Å². The number of rotatable bonds is 4. The lowest BCUT2D eigenvalue weighted by Crippen LogP contribution is -2.24. The van der Waals surface area contributed by atoms with Gasteiger partial charge in [0.25, 0.3) is 0 Å². The second-order valence-electron chi connectivity index (χ2n) is 3.31. The first-order chi connectivity index (χ1) is 7.40. The van der Waals surface area contributed by atoms with Crippen LogP contribution >= 0.6 is 34.8 Å². The van der Waals surface area contributed by atoms with Crippen molar-refractivity contribution < 1.29 is 4.79 Å². The van der Waals surface area contributed by atoms with E-state index in [-0.39, 0.29) is 22.6 Å². The predicted octanol–water partition coefficient (Wildman–Crippen LogP) is 2.72. The quantitative estimate of drug-likeness (QED) is 0.834. The van der Waals surface area contributed by atoms with E-state index in [1.807, 2.05) is 0 Å². The average molecular weight is 283 g/mol. The third-order valence-electron chi connectivity index (χ3n) is 1.78. The van der Waals surface area contributed by atoms with Gasteiger partial charge in [-0.25, -0.2) is 4.98 Å². The minimum atomic E-state index is -0.406. The van der Waals surface area contributed by atoms with Gasteiger partial charge in [-0.2, -0.15) is 0 Å². The Morgan fingerprint density at radius 3 is 2.69 bits per heavy atom. The van der Waals surface area contributed by atoms with E-state index in [9.17, 15) is 4.79 Å². The van der Waals surface area contributed by atoms with E-state index in [4.69, 9.17) is 40.5 Å². The SMILES string of the molecule is CC(CC(N)=O)Nc1nc(Cl)c(Cl)cc1Cl. The standard InChI is InChI=1S/C9H10Cl3N3O/c1-4(2-7(13)16)14-9-6(11)3-5(10)8(12)15-9/h3-4H,2H2,1H3,(H2,13,16)(H,14,15). The van der Waals surface area contributed by atoms with Crippen molar-refractivity contribution in [2.45, 2.75) is 19.4 Å². The maximum atomic E-state index is 10.7. The fourth-order valence-corrected chi connectivity index (χ4v) is 1.68. The Hall–Kier alpha value is -0.710. The van der Waals surface area contributed by atoms with Crippen molar-refractivity contribution in [3.8, 4) is 0 Å². The highest BCUT2D eigenvalue weighted by Crippen LogP contribution is 2.29. The second kappa shape index (κ2) is 5.57. The number of aromatic nitrogens is 1. The molecule has 0 spiro atoms. The van der Waals surface area contributed by atoms with Crippen LogP contribution in [0.3, 0.4) is 0 Å². The molecule has 1 atom stereocenters. The Kier molecular flexibility index (Phi) is 4.65. The van der Waals surface area contributed by atoms with Crippen molar-refractivity contribution >= 4 is 46.5 Å². The summed E-state index contributed by atoms with van der Waals surface area (Å²) in [5, 5.41) is 3.69. The molecule has 1 unspecified atom stereocenters. The summed E-state index contributed by atoms with van der Waals surface area (Å²) in [6.45, 7) is 1.78. The highest BCUT2D eigenvalue weighted by atomic mass is 35.5. The van der Waals surface area contributed by atoms with Crippen LogP contribution in [0.15, 0.2) is 6.07 Å². The van der Waals surface area contributed by atoms with Gasteiger partial charge in [-0.3, -0.25) is 4.79 Å². The number of carbonyl (C=O) groups is 1. The van der Waals surface area contributed by atoms with Gasteiger partial charge in [0.1, 0.15) is 11.0 Å². The number of hydrogen-bond donors (Lipinski definition) is 2. The summed E-state index contributed by atoms with van der Waals surface area (Å²) < 4.78 is 0. The molecule has 88 valence electrons. The molecule has 0 fully saturated rings. The summed E-state index contributed by atoms with van der Waals surface area (Å²) in [6.07, 6.45) is 0.179. The van der Waals surface area contributed by atoms with Gasteiger partial charge in [-0.1, -0.05) is 34.8 Å². The molecule has 3 N–H and O–H groups in total. The lowest BCUT2D eigenvalue weighted by molar-refractivity contribution is -0.118. The molecular weight excluding hydrogens is 272 g/mol. The summed E-state index contributed by atoms with van der Waals surface area (Å²) in [5.74, 6) is -0.0269. The van der Waals surface area contributed by atoms with E-state index in [1.54, 1.807) is 6.92 Å². The number of nitrogens with two attached hydrogens (primary N) is 1. The highest BCUT2D eigenvalue weighted by molar-refractivity contribution is 6.42. The molecule has 0 aliphatic heterocycles. The van der Waals surface area contributed by atoms with Crippen LogP contribution in [0.5, 0.6) is 0 Å². The van der Waals surface area contributed by atoms with Crippen LogP contribution in [0, 0.1) is 0 Å². The van der Waals surface area contributed by atoms with E-state index >= 15 is 0 Å². The smallest absolute Gasteiger partial charge is 0.219 e. The largest absolute Gasteiger partial charge is 0.370 e. The molecule has 7 heteroatoms. The minimum Gasteiger partial charge on any atom is -0.370 e. The lowest BCUT2D eigenvalue weighted by Gasteiger charge is -2.14. The lowest BCUT2D eigenvalue weighted by atomic mass is 10.2. The molecule has 0 aliphatic rings.